The predicted molar refractivity (Wildman–Crippen MR) is 226 cm³/mol. The number of ether oxygens (including phenoxy) is 2. The molecule has 0 saturated heterocycles. The van der Waals surface area contributed by atoms with Crippen LogP contribution in [-0.2, 0) is 37.5 Å². The molecular formula is C44H74NO10P. The number of rotatable bonds is 38. The van der Waals surface area contributed by atoms with Crippen LogP contribution in [0.4, 0.5) is 0 Å². The van der Waals surface area contributed by atoms with Crippen molar-refractivity contribution in [2.75, 3.05) is 19.8 Å². The van der Waals surface area contributed by atoms with Gasteiger partial charge in [0.1, 0.15) is 12.6 Å². The van der Waals surface area contributed by atoms with E-state index in [1.165, 1.54) is 109 Å². The van der Waals surface area contributed by atoms with E-state index in [0.29, 0.717) is 6.42 Å². The Morgan fingerprint density at radius 3 is 1.52 bits per heavy atom. The molecule has 0 bridgehead atoms. The second kappa shape index (κ2) is 38.8. The molecule has 4 N–H and O–H groups in total. The number of carboxylic acid groups (broad SMARTS) is 1. The van der Waals surface area contributed by atoms with Gasteiger partial charge in [0.2, 0.25) is 0 Å². The van der Waals surface area contributed by atoms with Gasteiger partial charge in [-0.05, 0) is 19.3 Å². The Morgan fingerprint density at radius 1 is 0.589 bits per heavy atom. The molecule has 12 heteroatoms. The van der Waals surface area contributed by atoms with Crippen molar-refractivity contribution < 1.29 is 47.5 Å². The van der Waals surface area contributed by atoms with Crippen LogP contribution in [0.5, 0.6) is 0 Å². The average Bonchev–Trinajstić information content (AvgIpc) is 3.17. The van der Waals surface area contributed by atoms with Gasteiger partial charge in [-0.15, -0.1) is 0 Å². The molecule has 0 heterocycles. The Bertz CT molecular complexity index is 1230. The fourth-order valence-corrected chi connectivity index (χ4v) is 6.14. The smallest absolute Gasteiger partial charge is 0.472 e. The molecule has 0 aromatic carbocycles. The molecule has 0 spiro atoms. The van der Waals surface area contributed by atoms with Crippen LogP contribution in [0.1, 0.15) is 155 Å². The number of carboxylic acids is 1. The van der Waals surface area contributed by atoms with Crippen molar-refractivity contribution >= 4 is 25.7 Å². The predicted octanol–water partition coefficient (Wildman–Crippen LogP) is 10.9. The largest absolute Gasteiger partial charge is 0.480 e. The zero-order chi connectivity index (χ0) is 41.4. The Morgan fingerprint density at radius 2 is 1.02 bits per heavy atom. The van der Waals surface area contributed by atoms with Crippen LogP contribution in [-0.4, -0.2) is 59.9 Å². The monoisotopic (exact) mass is 808 g/mol. The quantitative estimate of drug-likeness (QED) is 0.0178. The summed E-state index contributed by atoms with van der Waals surface area (Å²) in [5.74, 6) is -2.72. The molecule has 3 atom stereocenters. The molecule has 0 aromatic heterocycles. The van der Waals surface area contributed by atoms with Gasteiger partial charge >= 0.3 is 25.7 Å². The van der Waals surface area contributed by atoms with Gasteiger partial charge in [-0.1, -0.05) is 196 Å². The van der Waals surface area contributed by atoms with E-state index in [0.717, 1.165) is 31.8 Å². The summed E-state index contributed by atoms with van der Waals surface area (Å²) in [6, 6.07) is -1.55. The maximum Gasteiger partial charge on any atom is 0.472 e. The van der Waals surface area contributed by atoms with E-state index >= 15 is 0 Å². The number of hydrogen-bond acceptors (Lipinski definition) is 9. The van der Waals surface area contributed by atoms with Crippen LogP contribution in [0.2, 0.25) is 0 Å². The Balaban J connectivity index is 4.65. The van der Waals surface area contributed by atoms with Crippen LogP contribution in [0, 0.1) is 0 Å². The van der Waals surface area contributed by atoms with Gasteiger partial charge in [0.15, 0.2) is 6.10 Å². The molecule has 11 nitrogen and oxygen atoms in total. The normalized spacial score (nSPS) is 14.5. The number of carbonyl (C=O) groups is 3. The molecule has 0 aliphatic heterocycles. The van der Waals surface area contributed by atoms with E-state index in [1.54, 1.807) is 18.2 Å². The fraction of sp³-hybridized carbons (Fsp3) is 0.659. The molecular weight excluding hydrogens is 733 g/mol. The van der Waals surface area contributed by atoms with E-state index in [1.807, 2.05) is 30.4 Å². The van der Waals surface area contributed by atoms with Crippen LogP contribution < -0.4 is 5.73 Å². The third kappa shape index (κ3) is 37.8. The summed E-state index contributed by atoms with van der Waals surface area (Å²) in [7, 11) is -4.76. The summed E-state index contributed by atoms with van der Waals surface area (Å²) in [4.78, 5) is 45.7. The lowest BCUT2D eigenvalue weighted by Crippen LogP contribution is -2.34. The number of allylic oxidation sites excluding steroid dienone is 11. The third-order valence-electron chi connectivity index (χ3n) is 8.70. The average molecular weight is 808 g/mol. The van der Waals surface area contributed by atoms with Crippen LogP contribution >= 0.6 is 7.82 Å². The summed E-state index contributed by atoms with van der Waals surface area (Å²) in [5, 5.41) is 8.87. The molecule has 56 heavy (non-hydrogen) atoms. The molecule has 0 amide bonds. The molecule has 0 fully saturated rings. The lowest BCUT2D eigenvalue weighted by atomic mass is 10.0. The van der Waals surface area contributed by atoms with Gasteiger partial charge in [0.05, 0.1) is 13.2 Å². The van der Waals surface area contributed by atoms with E-state index in [4.69, 9.17) is 24.8 Å². The number of phosphoric acid groups is 1. The second-order valence-electron chi connectivity index (χ2n) is 14.0. The zero-order valence-corrected chi connectivity index (χ0v) is 35.3. The van der Waals surface area contributed by atoms with Crippen molar-refractivity contribution in [1.82, 2.24) is 0 Å². The molecule has 0 aliphatic rings. The number of carbonyl (C=O) groups excluding carboxylic acids is 2. The highest BCUT2D eigenvalue weighted by Crippen LogP contribution is 2.43. The lowest BCUT2D eigenvalue weighted by Gasteiger charge is -2.19. The number of aliphatic carboxylic acids is 1. The first kappa shape index (κ1) is 52.9. The van der Waals surface area contributed by atoms with Gasteiger partial charge in [-0.3, -0.25) is 18.6 Å². The first-order valence-corrected chi connectivity index (χ1v) is 22.6. The summed E-state index contributed by atoms with van der Waals surface area (Å²) in [6.07, 6.45) is 46.1. The number of nitrogens with two attached hydrogens (primary N) is 1. The molecule has 0 aliphatic carbocycles. The van der Waals surface area contributed by atoms with Gasteiger partial charge in [0, 0.05) is 12.5 Å². The van der Waals surface area contributed by atoms with Crippen LogP contribution in [0.3, 0.4) is 0 Å². The van der Waals surface area contributed by atoms with E-state index in [2.05, 4.69) is 30.5 Å². The Kier molecular flexibility index (Phi) is 36.6. The minimum atomic E-state index is -4.76. The van der Waals surface area contributed by atoms with Crippen LogP contribution in [0.15, 0.2) is 72.9 Å². The van der Waals surface area contributed by atoms with Crippen molar-refractivity contribution in [3.05, 3.63) is 72.9 Å². The van der Waals surface area contributed by atoms with Crippen molar-refractivity contribution in [3.63, 3.8) is 0 Å². The molecule has 0 aromatic rings. The number of esters is 2. The first-order chi connectivity index (χ1) is 27.1. The Hall–Kier alpha value is -3.08. The summed E-state index contributed by atoms with van der Waals surface area (Å²) in [6.45, 7) is 2.61. The maximum absolute atomic E-state index is 12.5. The number of unbranched alkanes of at least 4 members (excludes halogenated alkanes) is 19. The zero-order valence-electron chi connectivity index (χ0n) is 34.4. The van der Waals surface area contributed by atoms with Gasteiger partial charge < -0.3 is 25.2 Å². The van der Waals surface area contributed by atoms with Gasteiger partial charge in [0.25, 0.3) is 0 Å². The maximum atomic E-state index is 12.5. The van der Waals surface area contributed by atoms with Crippen molar-refractivity contribution in [1.29, 1.82) is 0 Å². The molecule has 0 saturated carbocycles. The minimum Gasteiger partial charge on any atom is -0.480 e. The van der Waals surface area contributed by atoms with Crippen molar-refractivity contribution in [3.8, 4) is 0 Å². The molecule has 0 radical (unpaired) electrons. The Labute approximate surface area is 338 Å². The topological polar surface area (TPSA) is 172 Å². The van der Waals surface area contributed by atoms with E-state index in [9.17, 15) is 23.8 Å². The minimum absolute atomic E-state index is 0.189. The highest BCUT2D eigenvalue weighted by atomic mass is 31.2. The third-order valence-corrected chi connectivity index (χ3v) is 9.65. The van der Waals surface area contributed by atoms with Crippen LogP contribution in [0.25, 0.3) is 0 Å². The molecule has 1 unspecified atom stereocenters. The molecule has 320 valence electrons. The van der Waals surface area contributed by atoms with Crippen molar-refractivity contribution in [2.45, 2.75) is 167 Å². The highest BCUT2D eigenvalue weighted by Gasteiger charge is 2.27. The SMILES string of the molecule is CCCCCCCCCC=CC=CC=CC=CC=CC=CC(=O)O[C@H](COC(=O)CCCCCCCCCCCCCCC)COP(=O)(O)OC[C@H](N)C(=O)O. The fourth-order valence-electron chi connectivity index (χ4n) is 5.37. The highest BCUT2D eigenvalue weighted by molar-refractivity contribution is 7.47. The second-order valence-corrected chi connectivity index (χ2v) is 15.4. The number of phosphoric ester groups is 1. The summed E-state index contributed by atoms with van der Waals surface area (Å²) >= 11 is 0. The lowest BCUT2D eigenvalue weighted by molar-refractivity contribution is -0.157. The van der Waals surface area contributed by atoms with Gasteiger partial charge in [-0.2, -0.15) is 0 Å². The first-order valence-electron chi connectivity index (χ1n) is 21.1. The van der Waals surface area contributed by atoms with Gasteiger partial charge in [-0.25, -0.2) is 9.36 Å². The summed E-state index contributed by atoms with van der Waals surface area (Å²) in [5.41, 5.74) is 5.31. The van der Waals surface area contributed by atoms with E-state index in [-0.39, 0.29) is 6.42 Å². The number of hydrogen-bond donors (Lipinski definition) is 3. The van der Waals surface area contributed by atoms with E-state index < -0.39 is 57.7 Å². The molecule has 0 rings (SSSR count). The standard InChI is InChI=1S/C44H74NO10P/c1-3-5-7-9-11-13-15-17-18-19-20-21-22-24-26-28-30-32-34-36-43(47)55-40(38-53-56(50,51)54-39-41(45)44(48)49)37-52-42(46)35-33-31-29-27-25-23-16-14-12-10-8-6-4-2/h18-22,24,26,28,30,32,34,36,40-41H,3-17,23,25,27,29,31,33,35,37-39,45H2,1-2H3,(H,48,49)(H,50,51)/t40-,41+/m1/s1. The van der Waals surface area contributed by atoms with Crippen molar-refractivity contribution in [2.24, 2.45) is 5.73 Å². The summed E-state index contributed by atoms with van der Waals surface area (Å²) < 4.78 is 32.4.